The molecular formula is C15H20N2O3. The van der Waals surface area contributed by atoms with Crippen LogP contribution in [0.25, 0.3) is 0 Å². The number of carbonyl (C=O) groups is 2. The Labute approximate surface area is 118 Å². The van der Waals surface area contributed by atoms with Crippen molar-refractivity contribution in [2.75, 3.05) is 11.9 Å². The fourth-order valence-corrected chi connectivity index (χ4v) is 2.23. The predicted molar refractivity (Wildman–Crippen MR) is 76.8 cm³/mol. The lowest BCUT2D eigenvalue weighted by atomic mass is 9.97. The third-order valence-electron chi connectivity index (χ3n) is 3.73. The standard InChI is InChI=1S/C15H20N2O3/c1-10(19)11-4-3-5-13(8-11)16-14(20)17-15(2,9-18)12-6-7-12/h3-5,8,12,18H,6-7,9H2,1-2H3,(H2,16,17,20). The van der Waals surface area contributed by atoms with E-state index in [0.29, 0.717) is 17.2 Å². The zero-order valence-electron chi connectivity index (χ0n) is 11.8. The number of aliphatic hydroxyl groups excluding tert-OH is 1. The minimum atomic E-state index is -0.581. The molecule has 0 heterocycles. The molecule has 3 N–H and O–H groups in total. The average molecular weight is 276 g/mol. The Kier molecular flexibility index (Phi) is 4.09. The number of anilines is 1. The van der Waals surface area contributed by atoms with Crippen molar-refractivity contribution in [2.24, 2.45) is 5.92 Å². The molecular weight excluding hydrogens is 256 g/mol. The zero-order valence-corrected chi connectivity index (χ0v) is 11.8. The van der Waals surface area contributed by atoms with Crippen molar-refractivity contribution in [1.29, 1.82) is 0 Å². The Morgan fingerprint density at radius 3 is 2.65 bits per heavy atom. The van der Waals surface area contributed by atoms with Crippen LogP contribution < -0.4 is 10.6 Å². The summed E-state index contributed by atoms with van der Waals surface area (Å²) in [6.45, 7) is 3.24. The van der Waals surface area contributed by atoms with Crippen molar-refractivity contribution >= 4 is 17.5 Å². The summed E-state index contributed by atoms with van der Waals surface area (Å²) in [5.41, 5.74) is 0.531. The Balaban J connectivity index is 2.00. The number of Topliss-reactive ketones (excluding diaryl/α,β-unsaturated/α-hetero) is 1. The summed E-state index contributed by atoms with van der Waals surface area (Å²) in [6.07, 6.45) is 2.05. The number of rotatable bonds is 5. The second-order valence-electron chi connectivity index (χ2n) is 5.57. The van der Waals surface area contributed by atoms with Crippen LogP contribution in [0, 0.1) is 5.92 Å². The van der Waals surface area contributed by atoms with E-state index >= 15 is 0 Å². The van der Waals surface area contributed by atoms with E-state index in [2.05, 4.69) is 10.6 Å². The molecule has 0 aromatic heterocycles. The van der Waals surface area contributed by atoms with Gasteiger partial charge in [-0.2, -0.15) is 0 Å². The van der Waals surface area contributed by atoms with Crippen LogP contribution >= 0.6 is 0 Å². The molecule has 5 heteroatoms. The third-order valence-corrected chi connectivity index (χ3v) is 3.73. The largest absolute Gasteiger partial charge is 0.394 e. The summed E-state index contributed by atoms with van der Waals surface area (Å²) < 4.78 is 0. The zero-order chi connectivity index (χ0) is 14.8. The summed E-state index contributed by atoms with van der Waals surface area (Å²) in [7, 11) is 0. The first-order valence-electron chi connectivity index (χ1n) is 6.75. The van der Waals surface area contributed by atoms with Gasteiger partial charge in [0.05, 0.1) is 12.1 Å². The predicted octanol–water partition coefficient (Wildman–Crippen LogP) is 2.17. The quantitative estimate of drug-likeness (QED) is 0.721. The van der Waals surface area contributed by atoms with E-state index in [0.717, 1.165) is 12.8 Å². The van der Waals surface area contributed by atoms with Gasteiger partial charge in [0.15, 0.2) is 5.78 Å². The highest BCUT2D eigenvalue weighted by Gasteiger charge is 2.42. The van der Waals surface area contributed by atoms with Crippen molar-refractivity contribution in [3.63, 3.8) is 0 Å². The molecule has 0 spiro atoms. The van der Waals surface area contributed by atoms with Crippen molar-refractivity contribution in [3.8, 4) is 0 Å². The number of carbonyl (C=O) groups excluding carboxylic acids is 2. The van der Waals surface area contributed by atoms with E-state index < -0.39 is 5.54 Å². The molecule has 1 atom stereocenters. The first kappa shape index (κ1) is 14.5. The molecule has 20 heavy (non-hydrogen) atoms. The van der Waals surface area contributed by atoms with Crippen LogP contribution in [-0.2, 0) is 0 Å². The maximum absolute atomic E-state index is 12.0. The first-order valence-corrected chi connectivity index (χ1v) is 6.75. The third kappa shape index (κ3) is 3.36. The van der Waals surface area contributed by atoms with Gasteiger partial charge in [-0.05, 0) is 44.7 Å². The van der Waals surface area contributed by atoms with E-state index in [4.69, 9.17) is 0 Å². The highest BCUT2D eigenvalue weighted by atomic mass is 16.3. The molecule has 0 radical (unpaired) electrons. The summed E-state index contributed by atoms with van der Waals surface area (Å²) >= 11 is 0. The van der Waals surface area contributed by atoms with Crippen molar-refractivity contribution < 1.29 is 14.7 Å². The highest BCUT2D eigenvalue weighted by molar-refractivity contribution is 5.96. The van der Waals surface area contributed by atoms with E-state index in [1.54, 1.807) is 24.3 Å². The summed E-state index contributed by atoms with van der Waals surface area (Å²) in [5, 5.41) is 15.0. The van der Waals surface area contributed by atoms with Crippen LogP contribution in [0.1, 0.15) is 37.0 Å². The van der Waals surface area contributed by atoms with E-state index in [1.165, 1.54) is 6.92 Å². The van der Waals surface area contributed by atoms with Gasteiger partial charge in [0, 0.05) is 11.3 Å². The number of hydrogen-bond donors (Lipinski definition) is 3. The van der Waals surface area contributed by atoms with Gasteiger partial charge >= 0.3 is 6.03 Å². The van der Waals surface area contributed by atoms with E-state index in [9.17, 15) is 14.7 Å². The van der Waals surface area contributed by atoms with Crippen molar-refractivity contribution in [3.05, 3.63) is 29.8 Å². The number of benzene rings is 1. The second-order valence-corrected chi connectivity index (χ2v) is 5.57. The maximum atomic E-state index is 12.0. The molecule has 0 saturated heterocycles. The first-order chi connectivity index (χ1) is 9.44. The molecule has 0 aliphatic heterocycles. The number of urea groups is 1. The maximum Gasteiger partial charge on any atom is 0.319 e. The number of aliphatic hydroxyl groups is 1. The minimum absolute atomic E-state index is 0.0489. The van der Waals surface area contributed by atoms with Crippen LogP contribution in [0.2, 0.25) is 0 Å². The number of amides is 2. The number of hydrogen-bond acceptors (Lipinski definition) is 3. The molecule has 5 nitrogen and oxygen atoms in total. The van der Waals surface area contributed by atoms with Gasteiger partial charge in [0.25, 0.3) is 0 Å². The topological polar surface area (TPSA) is 78.4 Å². The van der Waals surface area contributed by atoms with Gasteiger partial charge in [0.1, 0.15) is 0 Å². The molecule has 2 amide bonds. The molecule has 1 fully saturated rings. The molecule has 1 aromatic rings. The summed E-state index contributed by atoms with van der Waals surface area (Å²) in [5.74, 6) is 0.286. The highest BCUT2D eigenvalue weighted by Crippen LogP contribution is 2.39. The lowest BCUT2D eigenvalue weighted by Crippen LogP contribution is -2.52. The minimum Gasteiger partial charge on any atom is -0.394 e. The lowest BCUT2D eigenvalue weighted by molar-refractivity contribution is 0.101. The number of ketones is 1. The van der Waals surface area contributed by atoms with Crippen LogP contribution in [0.3, 0.4) is 0 Å². The van der Waals surface area contributed by atoms with Crippen LogP contribution in [0.15, 0.2) is 24.3 Å². The number of nitrogens with one attached hydrogen (secondary N) is 2. The Morgan fingerprint density at radius 2 is 2.10 bits per heavy atom. The van der Waals surface area contributed by atoms with Gasteiger partial charge < -0.3 is 15.7 Å². The van der Waals surface area contributed by atoms with Crippen LogP contribution in [0.4, 0.5) is 10.5 Å². The van der Waals surface area contributed by atoms with Gasteiger partial charge in [-0.25, -0.2) is 4.79 Å². The fourth-order valence-electron chi connectivity index (χ4n) is 2.23. The molecule has 1 aliphatic carbocycles. The molecule has 2 rings (SSSR count). The van der Waals surface area contributed by atoms with Gasteiger partial charge in [-0.3, -0.25) is 4.79 Å². The molecule has 1 aliphatic rings. The monoisotopic (exact) mass is 276 g/mol. The van der Waals surface area contributed by atoms with Gasteiger partial charge in [0.2, 0.25) is 0 Å². The van der Waals surface area contributed by atoms with E-state index in [-0.39, 0.29) is 18.4 Å². The SMILES string of the molecule is CC(=O)c1cccc(NC(=O)NC(C)(CO)C2CC2)c1. The second kappa shape index (κ2) is 5.63. The summed E-state index contributed by atoms with van der Waals surface area (Å²) in [6, 6.07) is 6.41. The van der Waals surface area contributed by atoms with Crippen LogP contribution in [-0.4, -0.2) is 29.1 Å². The van der Waals surface area contributed by atoms with Crippen molar-refractivity contribution in [2.45, 2.75) is 32.2 Å². The van der Waals surface area contributed by atoms with Gasteiger partial charge in [-0.1, -0.05) is 12.1 Å². The molecule has 0 bridgehead atoms. The van der Waals surface area contributed by atoms with Crippen molar-refractivity contribution in [1.82, 2.24) is 5.32 Å². The Hall–Kier alpha value is -1.88. The molecule has 1 aromatic carbocycles. The average Bonchev–Trinajstić information content (AvgIpc) is 3.23. The Morgan fingerprint density at radius 1 is 1.40 bits per heavy atom. The lowest BCUT2D eigenvalue weighted by Gasteiger charge is -2.28. The Bertz CT molecular complexity index is 526. The molecule has 1 unspecified atom stereocenters. The van der Waals surface area contributed by atoms with E-state index in [1.807, 2.05) is 6.92 Å². The normalized spacial score (nSPS) is 17.1. The fraction of sp³-hybridized carbons (Fsp3) is 0.467. The smallest absolute Gasteiger partial charge is 0.319 e. The van der Waals surface area contributed by atoms with Crippen LogP contribution in [0.5, 0.6) is 0 Å². The molecule has 1 saturated carbocycles. The summed E-state index contributed by atoms with van der Waals surface area (Å²) in [4.78, 5) is 23.3. The molecule has 108 valence electrons. The van der Waals surface area contributed by atoms with Gasteiger partial charge in [-0.15, -0.1) is 0 Å².